The molecule has 1 unspecified atom stereocenters. The fourth-order valence-corrected chi connectivity index (χ4v) is 3.14. The van der Waals surface area contributed by atoms with E-state index in [-0.39, 0.29) is 24.1 Å². The molecule has 0 aliphatic carbocycles. The van der Waals surface area contributed by atoms with Crippen molar-refractivity contribution in [1.82, 2.24) is 20.0 Å². The molecule has 1 fully saturated rings. The summed E-state index contributed by atoms with van der Waals surface area (Å²) < 4.78 is 11.0. The van der Waals surface area contributed by atoms with Gasteiger partial charge in [0.2, 0.25) is 5.91 Å². The van der Waals surface area contributed by atoms with Crippen LogP contribution in [0.1, 0.15) is 29.5 Å². The molecule has 1 aliphatic rings. The van der Waals surface area contributed by atoms with Crippen molar-refractivity contribution in [3.8, 4) is 11.5 Å². The van der Waals surface area contributed by atoms with Gasteiger partial charge in [0, 0.05) is 20.1 Å². The average Bonchev–Trinajstić information content (AvgIpc) is 3.17. The number of benzene rings is 1. The van der Waals surface area contributed by atoms with Gasteiger partial charge in [-0.05, 0) is 24.6 Å². The van der Waals surface area contributed by atoms with E-state index >= 15 is 0 Å². The summed E-state index contributed by atoms with van der Waals surface area (Å²) in [5.74, 6) is 0.962. The summed E-state index contributed by atoms with van der Waals surface area (Å²) in [7, 11) is 3.34. The van der Waals surface area contributed by atoms with E-state index in [4.69, 9.17) is 9.47 Å². The Morgan fingerprint density at radius 2 is 2.04 bits per heavy atom. The number of aromatic amines is 1. The van der Waals surface area contributed by atoms with Crippen molar-refractivity contribution in [3.63, 3.8) is 0 Å². The van der Waals surface area contributed by atoms with E-state index in [2.05, 4.69) is 10.2 Å². The highest BCUT2D eigenvalue weighted by atomic mass is 16.5. The van der Waals surface area contributed by atoms with Gasteiger partial charge < -0.3 is 19.3 Å². The van der Waals surface area contributed by atoms with Gasteiger partial charge in [0.15, 0.2) is 17.2 Å². The molecule has 8 heteroatoms. The van der Waals surface area contributed by atoms with Gasteiger partial charge in [0.25, 0.3) is 5.91 Å². The molecule has 2 amide bonds. The van der Waals surface area contributed by atoms with Gasteiger partial charge in [-0.25, -0.2) is 0 Å². The smallest absolute Gasteiger partial charge is 0.275 e. The van der Waals surface area contributed by atoms with Crippen LogP contribution in [0.25, 0.3) is 0 Å². The second-order valence-electron chi connectivity index (χ2n) is 6.40. The number of piperazine rings is 1. The molecule has 144 valence electrons. The molecule has 3 rings (SSSR count). The summed E-state index contributed by atoms with van der Waals surface area (Å²) in [6.07, 6.45) is 0.573. The van der Waals surface area contributed by atoms with E-state index in [1.807, 2.05) is 31.2 Å². The van der Waals surface area contributed by atoms with Crippen molar-refractivity contribution in [3.05, 3.63) is 41.7 Å². The van der Waals surface area contributed by atoms with Crippen molar-refractivity contribution < 1.29 is 19.1 Å². The second kappa shape index (κ2) is 8.11. The van der Waals surface area contributed by atoms with Crippen molar-refractivity contribution in [2.75, 3.05) is 27.2 Å². The van der Waals surface area contributed by atoms with E-state index in [0.717, 1.165) is 0 Å². The van der Waals surface area contributed by atoms with Crippen LogP contribution in [0.5, 0.6) is 11.5 Å². The summed E-state index contributed by atoms with van der Waals surface area (Å²) in [5.41, 5.74) is 0.946. The van der Waals surface area contributed by atoms with Crippen molar-refractivity contribution in [2.45, 2.75) is 26.0 Å². The molecule has 8 nitrogen and oxygen atoms in total. The lowest BCUT2D eigenvalue weighted by Crippen LogP contribution is -2.57. The van der Waals surface area contributed by atoms with Gasteiger partial charge in [-0.2, -0.15) is 5.10 Å². The molecule has 1 atom stereocenters. The number of likely N-dealkylation sites (N-methyl/N-ethyl adjacent to an activating group) is 1. The number of nitrogens with one attached hydrogen (secondary N) is 1. The minimum atomic E-state index is -0.443. The number of hydrogen-bond donors (Lipinski definition) is 1. The zero-order valence-electron chi connectivity index (χ0n) is 15.8. The second-order valence-corrected chi connectivity index (χ2v) is 6.40. The molecule has 1 aromatic heterocycles. The molecule has 2 heterocycles. The van der Waals surface area contributed by atoms with E-state index in [9.17, 15) is 9.59 Å². The van der Waals surface area contributed by atoms with E-state index in [1.165, 1.54) is 0 Å². The number of nitrogens with zero attached hydrogens (tertiary/aromatic N) is 3. The third-order valence-corrected chi connectivity index (χ3v) is 4.66. The summed E-state index contributed by atoms with van der Waals surface area (Å²) in [4.78, 5) is 28.4. The molecule has 2 aromatic rings. The largest absolute Gasteiger partial charge is 0.493 e. The molecule has 1 N–H and O–H groups in total. The van der Waals surface area contributed by atoms with Crippen molar-refractivity contribution in [1.29, 1.82) is 0 Å². The molecular formula is C19H24N4O4. The highest BCUT2D eigenvalue weighted by molar-refractivity contribution is 5.96. The van der Waals surface area contributed by atoms with Crippen LogP contribution in [-0.4, -0.2) is 65.1 Å². The van der Waals surface area contributed by atoms with Crippen LogP contribution in [0, 0.1) is 0 Å². The first-order valence-electron chi connectivity index (χ1n) is 8.91. The zero-order valence-corrected chi connectivity index (χ0v) is 15.8. The first kappa shape index (κ1) is 18.8. The van der Waals surface area contributed by atoms with E-state index in [1.54, 1.807) is 30.0 Å². The minimum Gasteiger partial charge on any atom is -0.493 e. The van der Waals surface area contributed by atoms with E-state index in [0.29, 0.717) is 36.7 Å². The van der Waals surface area contributed by atoms with Crippen molar-refractivity contribution in [2.24, 2.45) is 0 Å². The number of methoxy groups -OCH3 is 1. The van der Waals surface area contributed by atoms with Gasteiger partial charge in [-0.3, -0.25) is 14.7 Å². The number of ether oxygens (including phenoxy) is 2. The SMILES string of the molecule is CCC1C(=O)N(C)CCN1C(=O)c1cc(COc2ccccc2OC)[nH]n1. The molecule has 1 aromatic carbocycles. The molecule has 0 saturated carbocycles. The number of H-pyrrole nitrogens is 1. The number of rotatable bonds is 6. The lowest BCUT2D eigenvalue weighted by Gasteiger charge is -2.38. The highest BCUT2D eigenvalue weighted by Gasteiger charge is 2.35. The Labute approximate surface area is 158 Å². The first-order valence-corrected chi connectivity index (χ1v) is 8.91. The van der Waals surface area contributed by atoms with Crippen LogP contribution in [0.2, 0.25) is 0 Å². The third kappa shape index (κ3) is 3.89. The average molecular weight is 372 g/mol. The molecule has 0 spiro atoms. The van der Waals surface area contributed by atoms with Gasteiger partial charge >= 0.3 is 0 Å². The van der Waals surface area contributed by atoms with Gasteiger partial charge in [-0.15, -0.1) is 0 Å². The summed E-state index contributed by atoms with van der Waals surface area (Å²) in [5, 5.41) is 6.93. The standard InChI is InChI=1S/C19H24N4O4/c1-4-15-19(25)22(2)9-10-23(15)18(24)14-11-13(20-21-14)12-27-17-8-6-5-7-16(17)26-3/h5-8,11,15H,4,9-10,12H2,1-3H3,(H,20,21). The number of amides is 2. The lowest BCUT2D eigenvalue weighted by molar-refractivity contribution is -0.138. The van der Waals surface area contributed by atoms with Crippen LogP contribution in [-0.2, 0) is 11.4 Å². The first-order chi connectivity index (χ1) is 13.0. The van der Waals surface area contributed by atoms with Crippen molar-refractivity contribution >= 4 is 11.8 Å². The van der Waals surface area contributed by atoms with E-state index < -0.39 is 6.04 Å². The Morgan fingerprint density at radius 3 is 2.74 bits per heavy atom. The zero-order chi connectivity index (χ0) is 19.4. The predicted molar refractivity (Wildman–Crippen MR) is 98.7 cm³/mol. The predicted octanol–water partition coefficient (Wildman–Crippen LogP) is 1.69. The summed E-state index contributed by atoms with van der Waals surface area (Å²) in [6, 6.07) is 8.55. The Morgan fingerprint density at radius 1 is 1.30 bits per heavy atom. The Kier molecular flexibility index (Phi) is 5.63. The molecule has 0 bridgehead atoms. The van der Waals surface area contributed by atoms with Crippen LogP contribution in [0.3, 0.4) is 0 Å². The maximum Gasteiger partial charge on any atom is 0.275 e. The molecule has 0 radical (unpaired) electrons. The number of carbonyl (C=O) groups excluding carboxylic acids is 2. The monoisotopic (exact) mass is 372 g/mol. The maximum atomic E-state index is 12.8. The highest BCUT2D eigenvalue weighted by Crippen LogP contribution is 2.26. The maximum absolute atomic E-state index is 12.8. The normalized spacial score (nSPS) is 17.1. The number of carbonyl (C=O) groups is 2. The van der Waals surface area contributed by atoms with Crippen LogP contribution >= 0.6 is 0 Å². The number of aromatic nitrogens is 2. The van der Waals surface area contributed by atoms with Gasteiger partial charge in [-0.1, -0.05) is 19.1 Å². The van der Waals surface area contributed by atoms with Gasteiger partial charge in [0.05, 0.1) is 12.8 Å². The summed E-state index contributed by atoms with van der Waals surface area (Å²) >= 11 is 0. The fourth-order valence-electron chi connectivity index (χ4n) is 3.14. The van der Waals surface area contributed by atoms with Crippen LogP contribution in [0.15, 0.2) is 30.3 Å². The summed E-state index contributed by atoms with van der Waals surface area (Å²) in [6.45, 7) is 3.15. The lowest BCUT2D eigenvalue weighted by atomic mass is 10.1. The fraction of sp³-hybridized carbons (Fsp3) is 0.421. The minimum absolute atomic E-state index is 0.0348. The quantitative estimate of drug-likeness (QED) is 0.834. The Balaban J connectivity index is 1.68. The molecule has 1 aliphatic heterocycles. The molecular weight excluding hydrogens is 348 g/mol. The molecule has 1 saturated heterocycles. The molecule has 27 heavy (non-hydrogen) atoms. The third-order valence-electron chi connectivity index (χ3n) is 4.66. The number of para-hydroxylation sites is 2. The number of hydrogen-bond acceptors (Lipinski definition) is 5. The van der Waals surface area contributed by atoms with Crippen LogP contribution in [0.4, 0.5) is 0 Å². The van der Waals surface area contributed by atoms with Crippen LogP contribution < -0.4 is 9.47 Å². The topological polar surface area (TPSA) is 87.8 Å². The van der Waals surface area contributed by atoms with Gasteiger partial charge in [0.1, 0.15) is 12.6 Å². The Bertz CT molecular complexity index is 820. The Hall–Kier alpha value is -3.03.